The van der Waals surface area contributed by atoms with Crippen molar-refractivity contribution in [2.45, 2.75) is 18.4 Å². The lowest BCUT2D eigenvalue weighted by atomic mass is 9.93. The summed E-state index contributed by atoms with van der Waals surface area (Å²) in [6.07, 6.45) is 1.54. The average Bonchev–Trinajstić information content (AvgIpc) is 2.48. The summed E-state index contributed by atoms with van der Waals surface area (Å²) >= 11 is 3.28. The van der Waals surface area contributed by atoms with E-state index < -0.39 is 5.60 Å². The van der Waals surface area contributed by atoms with E-state index in [2.05, 4.69) is 26.2 Å². The van der Waals surface area contributed by atoms with Crippen LogP contribution >= 0.6 is 15.9 Å². The highest BCUT2D eigenvalue weighted by atomic mass is 79.9. The molecule has 1 aliphatic rings. The van der Waals surface area contributed by atoms with Crippen LogP contribution in [0.2, 0.25) is 0 Å². The molecule has 1 fully saturated rings. The molecule has 5 nitrogen and oxygen atoms in total. The van der Waals surface area contributed by atoms with Gasteiger partial charge in [0.15, 0.2) is 4.60 Å². The second kappa shape index (κ2) is 3.60. The van der Waals surface area contributed by atoms with Crippen LogP contribution in [0, 0.1) is 0 Å². The number of halogens is 1. The first-order valence-corrected chi connectivity index (χ1v) is 5.28. The SMILES string of the molecule is Cn1nnc(Br)c1C1(O)CCCOC1. The maximum absolute atomic E-state index is 10.3. The number of nitrogens with zero attached hydrogens (tertiary/aromatic N) is 3. The van der Waals surface area contributed by atoms with E-state index in [-0.39, 0.29) is 0 Å². The van der Waals surface area contributed by atoms with Crippen LogP contribution in [0.1, 0.15) is 18.5 Å². The molecule has 0 amide bonds. The zero-order valence-electron chi connectivity index (χ0n) is 7.90. The summed E-state index contributed by atoms with van der Waals surface area (Å²) < 4.78 is 7.45. The van der Waals surface area contributed by atoms with E-state index in [9.17, 15) is 5.11 Å². The van der Waals surface area contributed by atoms with Gasteiger partial charge >= 0.3 is 0 Å². The minimum Gasteiger partial charge on any atom is -0.381 e. The van der Waals surface area contributed by atoms with Crippen molar-refractivity contribution < 1.29 is 9.84 Å². The van der Waals surface area contributed by atoms with E-state index in [4.69, 9.17) is 4.74 Å². The highest BCUT2D eigenvalue weighted by Gasteiger charge is 2.37. The molecule has 0 aliphatic carbocycles. The molecule has 1 saturated heterocycles. The van der Waals surface area contributed by atoms with Crippen LogP contribution < -0.4 is 0 Å². The van der Waals surface area contributed by atoms with E-state index in [0.29, 0.717) is 29.9 Å². The largest absolute Gasteiger partial charge is 0.381 e. The van der Waals surface area contributed by atoms with Crippen molar-refractivity contribution in [1.82, 2.24) is 15.0 Å². The number of aliphatic hydroxyl groups is 1. The first-order valence-electron chi connectivity index (χ1n) is 4.49. The molecule has 2 heterocycles. The Morgan fingerprint density at radius 3 is 2.93 bits per heavy atom. The summed E-state index contributed by atoms with van der Waals surface area (Å²) in [6.45, 7) is 1.03. The third kappa shape index (κ3) is 1.57. The summed E-state index contributed by atoms with van der Waals surface area (Å²) in [7, 11) is 1.76. The number of aromatic nitrogens is 3. The van der Waals surface area contributed by atoms with Gasteiger partial charge in [-0.3, -0.25) is 0 Å². The van der Waals surface area contributed by atoms with Crippen LogP contribution in [0.4, 0.5) is 0 Å². The second-order valence-corrected chi connectivity index (χ2v) is 4.29. The molecule has 14 heavy (non-hydrogen) atoms. The zero-order valence-corrected chi connectivity index (χ0v) is 9.49. The van der Waals surface area contributed by atoms with Crippen LogP contribution in [0.5, 0.6) is 0 Å². The van der Waals surface area contributed by atoms with Crippen molar-refractivity contribution in [2.24, 2.45) is 7.05 Å². The van der Waals surface area contributed by atoms with Gasteiger partial charge in [0.25, 0.3) is 0 Å². The van der Waals surface area contributed by atoms with Crippen molar-refractivity contribution >= 4 is 15.9 Å². The van der Waals surface area contributed by atoms with E-state index >= 15 is 0 Å². The summed E-state index contributed by atoms with van der Waals surface area (Å²) in [6, 6.07) is 0. The van der Waals surface area contributed by atoms with Gasteiger partial charge in [0, 0.05) is 13.7 Å². The van der Waals surface area contributed by atoms with Gasteiger partial charge < -0.3 is 9.84 Å². The molecule has 0 aromatic carbocycles. The van der Waals surface area contributed by atoms with Crippen molar-refractivity contribution in [3.8, 4) is 0 Å². The number of ether oxygens (including phenoxy) is 1. The number of aryl methyl sites for hydroxylation is 1. The molecule has 0 spiro atoms. The monoisotopic (exact) mass is 261 g/mol. The van der Waals surface area contributed by atoms with E-state index in [1.807, 2.05) is 0 Å². The molecule has 78 valence electrons. The molecule has 2 rings (SSSR count). The van der Waals surface area contributed by atoms with E-state index in [1.165, 1.54) is 0 Å². The predicted molar refractivity (Wildman–Crippen MR) is 52.7 cm³/mol. The summed E-state index contributed by atoms with van der Waals surface area (Å²) in [5, 5.41) is 18.0. The Labute approximate surface area is 90.2 Å². The third-order valence-corrected chi connectivity index (χ3v) is 2.98. The van der Waals surface area contributed by atoms with Crippen LogP contribution in [0.25, 0.3) is 0 Å². The van der Waals surface area contributed by atoms with Gasteiger partial charge in [-0.25, -0.2) is 4.68 Å². The van der Waals surface area contributed by atoms with Crippen LogP contribution in [0.3, 0.4) is 0 Å². The quantitative estimate of drug-likeness (QED) is 0.804. The minimum atomic E-state index is -0.949. The normalized spacial score (nSPS) is 27.9. The fraction of sp³-hybridized carbons (Fsp3) is 0.750. The van der Waals surface area contributed by atoms with E-state index in [0.717, 1.165) is 6.42 Å². The maximum atomic E-state index is 10.3. The summed E-state index contributed by atoms with van der Waals surface area (Å²) in [5.74, 6) is 0. The molecule has 1 aromatic rings. The summed E-state index contributed by atoms with van der Waals surface area (Å²) in [4.78, 5) is 0. The first-order chi connectivity index (χ1) is 6.63. The summed E-state index contributed by atoms with van der Waals surface area (Å²) in [5.41, 5.74) is -0.257. The van der Waals surface area contributed by atoms with Crippen LogP contribution in [0.15, 0.2) is 4.60 Å². The van der Waals surface area contributed by atoms with Gasteiger partial charge in [-0.05, 0) is 28.8 Å². The average molecular weight is 262 g/mol. The van der Waals surface area contributed by atoms with E-state index in [1.54, 1.807) is 11.7 Å². The third-order valence-electron chi connectivity index (χ3n) is 2.45. The molecule has 1 unspecified atom stereocenters. The van der Waals surface area contributed by atoms with Crippen molar-refractivity contribution in [1.29, 1.82) is 0 Å². The van der Waals surface area contributed by atoms with Gasteiger partial charge in [0.2, 0.25) is 0 Å². The van der Waals surface area contributed by atoms with Gasteiger partial charge in [-0.1, -0.05) is 5.21 Å². The number of rotatable bonds is 1. The fourth-order valence-electron chi connectivity index (χ4n) is 1.79. The van der Waals surface area contributed by atoms with Crippen molar-refractivity contribution in [3.63, 3.8) is 0 Å². The molecule has 6 heteroatoms. The van der Waals surface area contributed by atoms with Crippen molar-refractivity contribution in [3.05, 3.63) is 10.3 Å². The van der Waals surface area contributed by atoms with Crippen molar-refractivity contribution in [2.75, 3.05) is 13.2 Å². The highest BCUT2D eigenvalue weighted by Crippen LogP contribution is 2.33. The van der Waals surface area contributed by atoms with Crippen LogP contribution in [-0.2, 0) is 17.4 Å². The Morgan fingerprint density at radius 2 is 2.43 bits per heavy atom. The van der Waals surface area contributed by atoms with Gasteiger partial charge in [0.1, 0.15) is 11.3 Å². The Morgan fingerprint density at radius 1 is 1.64 bits per heavy atom. The molecule has 0 saturated carbocycles. The molecule has 1 aliphatic heterocycles. The highest BCUT2D eigenvalue weighted by molar-refractivity contribution is 9.10. The zero-order chi connectivity index (χ0) is 10.2. The Balaban J connectivity index is 2.36. The number of hydrogen-bond donors (Lipinski definition) is 1. The molecular formula is C8H12BrN3O2. The standard InChI is InChI=1S/C8H12BrN3O2/c1-12-6(7(9)10-11-12)8(13)3-2-4-14-5-8/h13H,2-5H2,1H3. The van der Waals surface area contributed by atoms with Gasteiger partial charge in [0.05, 0.1) is 6.61 Å². The smallest absolute Gasteiger partial charge is 0.154 e. The minimum absolute atomic E-state index is 0.312. The Bertz CT molecular complexity index is 314. The molecule has 0 radical (unpaired) electrons. The lowest BCUT2D eigenvalue weighted by Gasteiger charge is -2.31. The fourth-order valence-corrected chi connectivity index (χ4v) is 2.49. The Kier molecular flexibility index (Phi) is 2.59. The lowest BCUT2D eigenvalue weighted by molar-refractivity contribution is -0.0951. The van der Waals surface area contributed by atoms with Gasteiger partial charge in [-0.15, -0.1) is 5.10 Å². The van der Waals surface area contributed by atoms with Gasteiger partial charge in [-0.2, -0.15) is 0 Å². The van der Waals surface area contributed by atoms with Crippen LogP contribution in [-0.4, -0.2) is 33.3 Å². The molecular weight excluding hydrogens is 250 g/mol. The molecule has 0 bridgehead atoms. The molecule has 1 aromatic heterocycles. The number of hydrogen-bond acceptors (Lipinski definition) is 4. The topological polar surface area (TPSA) is 60.2 Å². The predicted octanol–water partition coefficient (Wildman–Crippen LogP) is 0.576. The first kappa shape index (κ1) is 10.1. The second-order valence-electron chi connectivity index (χ2n) is 3.54. The Hall–Kier alpha value is -0.460. The molecule has 1 atom stereocenters. The molecule has 1 N–H and O–H groups in total. The lowest BCUT2D eigenvalue weighted by Crippen LogP contribution is -2.37. The maximum Gasteiger partial charge on any atom is 0.154 e.